The van der Waals surface area contributed by atoms with Crippen molar-refractivity contribution in [3.05, 3.63) is 0 Å². The van der Waals surface area contributed by atoms with Crippen LogP contribution in [0.2, 0.25) is 26.2 Å². The zero-order chi connectivity index (χ0) is 13.2. The van der Waals surface area contributed by atoms with Gasteiger partial charge in [0.15, 0.2) is 0 Å². The summed E-state index contributed by atoms with van der Waals surface area (Å²) in [7, 11) is -7.02. The van der Waals surface area contributed by atoms with Crippen molar-refractivity contribution < 1.29 is 16.5 Å². The molecule has 1 N–H and O–H groups in total. The van der Waals surface area contributed by atoms with E-state index in [1.807, 2.05) is 0 Å². The van der Waals surface area contributed by atoms with Crippen molar-refractivity contribution in [1.29, 1.82) is 0 Å². The molecule has 1 aliphatic carbocycles. The lowest BCUT2D eigenvalue weighted by molar-refractivity contribution is 0.260. The molecule has 1 saturated heterocycles. The molecule has 0 aromatic rings. The molecule has 2 atom stereocenters. The zero-order valence-electron chi connectivity index (χ0n) is 11.8. The van der Waals surface area contributed by atoms with Crippen molar-refractivity contribution in [1.82, 2.24) is 4.98 Å². The van der Waals surface area contributed by atoms with E-state index in [0.29, 0.717) is 6.04 Å². The van der Waals surface area contributed by atoms with Crippen LogP contribution in [0, 0.1) is 0 Å². The van der Waals surface area contributed by atoms with Gasteiger partial charge in [-0.15, -0.1) is 0 Å². The van der Waals surface area contributed by atoms with E-state index >= 15 is 0 Å². The van der Waals surface area contributed by atoms with Gasteiger partial charge in [0.25, 0.3) is 9.28 Å². The zero-order valence-corrected chi connectivity index (χ0v) is 16.2. The van der Waals surface area contributed by atoms with Gasteiger partial charge in [-0.25, -0.2) is 0 Å². The molecule has 1 aliphatic heterocycles. The molecule has 2 rings (SSSR count). The van der Waals surface area contributed by atoms with Gasteiger partial charge in [0.05, 0.1) is 0 Å². The number of hydrogen-bond acceptors (Lipinski definition) is 5. The van der Waals surface area contributed by atoms with Crippen LogP contribution in [-0.4, -0.2) is 42.6 Å². The minimum absolute atomic E-state index is 0.568. The molecule has 106 valence electrons. The molecule has 0 bridgehead atoms. The second-order valence-electron chi connectivity index (χ2n) is 5.28. The summed E-state index contributed by atoms with van der Waals surface area (Å²) in [6, 6.07) is 0.568. The average molecular weight is 324 g/mol. The fourth-order valence-electron chi connectivity index (χ4n) is 2.80. The monoisotopic (exact) mass is 323 g/mol. The molecule has 0 spiro atoms. The third-order valence-electron chi connectivity index (χ3n) is 3.37. The summed E-state index contributed by atoms with van der Waals surface area (Å²) < 4.78 is 24.2. The summed E-state index contributed by atoms with van der Waals surface area (Å²) in [5.74, 6) is 0. The molecule has 0 radical (unpaired) electrons. The highest BCUT2D eigenvalue weighted by Crippen LogP contribution is 2.22. The van der Waals surface area contributed by atoms with Crippen molar-refractivity contribution in [3.8, 4) is 0 Å². The quantitative estimate of drug-likeness (QED) is 0.759. The lowest BCUT2D eigenvalue weighted by Crippen LogP contribution is -2.63. The fraction of sp³-hybridized carbons (Fsp3) is 1.00. The van der Waals surface area contributed by atoms with Crippen molar-refractivity contribution in [3.63, 3.8) is 0 Å². The normalized spacial score (nSPS) is 43.7. The predicted octanol–water partition coefficient (Wildman–Crippen LogP) is 0.718. The Morgan fingerprint density at radius 2 is 1.44 bits per heavy atom. The highest BCUT2D eigenvalue weighted by molar-refractivity contribution is 6.79. The largest absolute Gasteiger partial charge is 0.420 e. The lowest BCUT2D eigenvalue weighted by atomic mass is 10.3. The van der Waals surface area contributed by atoms with Gasteiger partial charge in [0.2, 0.25) is 0 Å². The molecule has 0 aromatic carbocycles. The standard InChI is InChI=1S/C9H25NO4Si4/c1-15-11-16(2)13-18(4,14-17(3)12-15)10-9-7-5-6-8-9/h9-10,15-17H,5-8H2,1-4H3. The van der Waals surface area contributed by atoms with Crippen LogP contribution in [-0.2, 0) is 16.5 Å². The smallest absolute Gasteiger partial charge is 0.403 e. The highest BCUT2D eigenvalue weighted by atomic mass is 28.5. The van der Waals surface area contributed by atoms with Crippen LogP contribution < -0.4 is 4.98 Å². The van der Waals surface area contributed by atoms with E-state index in [4.69, 9.17) is 16.5 Å². The van der Waals surface area contributed by atoms with E-state index in [1.165, 1.54) is 25.7 Å². The van der Waals surface area contributed by atoms with Crippen LogP contribution in [0.25, 0.3) is 0 Å². The number of rotatable bonds is 2. The van der Waals surface area contributed by atoms with Crippen molar-refractivity contribution >= 4 is 36.6 Å². The number of hydrogen-bond donors (Lipinski definition) is 1. The summed E-state index contributed by atoms with van der Waals surface area (Å²) in [6.45, 7) is 8.33. The van der Waals surface area contributed by atoms with Gasteiger partial charge in [-0.3, -0.25) is 4.98 Å². The van der Waals surface area contributed by atoms with E-state index in [1.54, 1.807) is 0 Å². The Kier molecular flexibility index (Phi) is 5.37. The first-order valence-electron chi connectivity index (χ1n) is 6.91. The van der Waals surface area contributed by atoms with Crippen LogP contribution >= 0.6 is 0 Å². The molecule has 18 heavy (non-hydrogen) atoms. The third kappa shape index (κ3) is 4.35. The van der Waals surface area contributed by atoms with Crippen molar-refractivity contribution in [2.24, 2.45) is 0 Å². The number of nitrogens with one attached hydrogen (secondary N) is 1. The topological polar surface area (TPSA) is 49.0 Å². The molecule has 9 heteroatoms. The second-order valence-corrected chi connectivity index (χ2v) is 14.9. The molecule has 1 saturated carbocycles. The Morgan fingerprint density at radius 3 is 1.94 bits per heavy atom. The van der Waals surface area contributed by atoms with Crippen molar-refractivity contribution in [2.75, 3.05) is 0 Å². The molecule has 0 amide bonds. The van der Waals surface area contributed by atoms with Crippen LogP contribution in [0.3, 0.4) is 0 Å². The van der Waals surface area contributed by atoms with E-state index in [-0.39, 0.29) is 0 Å². The Morgan fingerprint density at radius 1 is 0.944 bits per heavy atom. The Labute approximate surface area is 116 Å². The predicted molar refractivity (Wildman–Crippen MR) is 80.4 cm³/mol. The van der Waals surface area contributed by atoms with Crippen molar-refractivity contribution in [2.45, 2.75) is 57.9 Å². The molecule has 1 heterocycles. The molecule has 2 aliphatic rings. The van der Waals surface area contributed by atoms with Crippen LogP contribution in [0.15, 0.2) is 0 Å². The third-order valence-corrected chi connectivity index (χ3v) is 16.7. The van der Waals surface area contributed by atoms with E-state index in [0.717, 1.165) is 0 Å². The highest BCUT2D eigenvalue weighted by Gasteiger charge is 2.41. The Balaban J connectivity index is 1.98. The molecular formula is C9H25NO4Si4. The van der Waals surface area contributed by atoms with E-state index in [9.17, 15) is 0 Å². The maximum atomic E-state index is 6.19. The molecule has 2 unspecified atom stereocenters. The Hall–Kier alpha value is 0.668. The molecule has 2 fully saturated rings. The van der Waals surface area contributed by atoms with Gasteiger partial charge in [0, 0.05) is 6.04 Å². The van der Waals surface area contributed by atoms with Crippen LogP contribution in [0.1, 0.15) is 25.7 Å². The first kappa shape index (κ1) is 15.1. The van der Waals surface area contributed by atoms with Crippen LogP contribution in [0.5, 0.6) is 0 Å². The maximum Gasteiger partial charge on any atom is 0.403 e. The van der Waals surface area contributed by atoms with E-state index < -0.39 is 36.6 Å². The lowest BCUT2D eigenvalue weighted by Gasteiger charge is -2.38. The first-order valence-corrected chi connectivity index (χ1v) is 15.5. The fourth-order valence-corrected chi connectivity index (χ4v) is 16.8. The van der Waals surface area contributed by atoms with E-state index in [2.05, 4.69) is 31.2 Å². The minimum Gasteiger partial charge on any atom is -0.420 e. The maximum absolute atomic E-state index is 6.19. The molecule has 5 nitrogen and oxygen atoms in total. The first-order chi connectivity index (χ1) is 8.47. The second kappa shape index (κ2) is 6.41. The van der Waals surface area contributed by atoms with Gasteiger partial charge < -0.3 is 16.5 Å². The van der Waals surface area contributed by atoms with Crippen LogP contribution in [0.4, 0.5) is 0 Å². The minimum atomic E-state index is -2.29. The average Bonchev–Trinajstić information content (AvgIpc) is 2.65. The summed E-state index contributed by atoms with van der Waals surface area (Å²) in [5.41, 5.74) is 0. The van der Waals surface area contributed by atoms with Gasteiger partial charge in [-0.1, -0.05) is 12.8 Å². The summed E-state index contributed by atoms with van der Waals surface area (Å²) >= 11 is 0. The molecule has 0 aromatic heterocycles. The summed E-state index contributed by atoms with van der Waals surface area (Å²) in [4.78, 5) is 3.66. The van der Waals surface area contributed by atoms with Gasteiger partial charge in [-0.05, 0) is 39.0 Å². The summed E-state index contributed by atoms with van der Waals surface area (Å²) in [5, 5.41) is 0. The molecular weight excluding hydrogens is 298 g/mol. The SMILES string of the molecule is C[SiH]1O[SiH](C)O[Si](C)(NC2CCCC2)O[SiH](C)O1. The van der Waals surface area contributed by atoms with Gasteiger partial charge >= 0.3 is 27.3 Å². The summed E-state index contributed by atoms with van der Waals surface area (Å²) in [6.07, 6.45) is 5.13. The Bertz CT molecular complexity index is 265. The van der Waals surface area contributed by atoms with Gasteiger partial charge in [0.1, 0.15) is 0 Å². The van der Waals surface area contributed by atoms with Gasteiger partial charge in [-0.2, -0.15) is 0 Å².